The van der Waals surface area contributed by atoms with Gasteiger partial charge in [-0.1, -0.05) is 29.8 Å². The predicted molar refractivity (Wildman–Crippen MR) is 138 cm³/mol. The van der Waals surface area contributed by atoms with Gasteiger partial charge in [-0.3, -0.25) is 19.4 Å². The van der Waals surface area contributed by atoms with Crippen LogP contribution in [0.3, 0.4) is 0 Å². The first-order valence-electron chi connectivity index (χ1n) is 11.7. The number of Topliss-reactive ketones (excluding diaryl/α,β-unsaturated/α-hetero) is 1. The van der Waals surface area contributed by atoms with Gasteiger partial charge in [0, 0.05) is 54.1 Å². The Labute approximate surface area is 218 Å². The van der Waals surface area contributed by atoms with Gasteiger partial charge in [0.15, 0.2) is 5.78 Å². The maximum Gasteiger partial charge on any atom is 0.256 e. The lowest BCUT2D eigenvalue weighted by molar-refractivity contribution is -0.122. The van der Waals surface area contributed by atoms with Crippen LogP contribution in [0.1, 0.15) is 37.4 Å². The van der Waals surface area contributed by atoms with Crippen LogP contribution >= 0.6 is 11.6 Å². The number of rotatable bonds is 6. The van der Waals surface area contributed by atoms with Crippen LogP contribution in [0.4, 0.5) is 5.82 Å². The number of hydrogen-bond donors (Lipinski definition) is 1. The third-order valence-electron chi connectivity index (χ3n) is 6.22. The summed E-state index contributed by atoms with van der Waals surface area (Å²) >= 11 is 6.16. The minimum Gasteiger partial charge on any atom is -0.324 e. The molecule has 1 aliphatic heterocycles. The van der Waals surface area contributed by atoms with Crippen molar-refractivity contribution in [2.45, 2.75) is 25.4 Å². The molecule has 0 aliphatic carbocycles. The number of carbonyl (C=O) groups is 3. The van der Waals surface area contributed by atoms with Gasteiger partial charge in [-0.25, -0.2) is 9.97 Å². The fourth-order valence-electron chi connectivity index (χ4n) is 4.35. The zero-order chi connectivity index (χ0) is 25.8. The zero-order valence-electron chi connectivity index (χ0n) is 19.7. The first-order chi connectivity index (χ1) is 18.0. The number of aromatic nitrogens is 3. The average molecular weight is 512 g/mol. The summed E-state index contributed by atoms with van der Waals surface area (Å²) in [6.07, 6.45) is 6.73. The molecule has 0 spiro atoms. The van der Waals surface area contributed by atoms with Gasteiger partial charge in [-0.2, -0.15) is 0 Å². The number of nitrogens with zero attached hydrogens (tertiary/aromatic N) is 4. The molecule has 2 aromatic carbocycles. The molecule has 0 saturated heterocycles. The Morgan fingerprint density at radius 2 is 1.84 bits per heavy atom. The lowest BCUT2D eigenvalue weighted by atomic mass is 9.98. The van der Waals surface area contributed by atoms with Crippen molar-refractivity contribution in [3.8, 4) is 0 Å². The van der Waals surface area contributed by atoms with Crippen molar-refractivity contribution in [1.82, 2.24) is 19.9 Å². The molecule has 184 valence electrons. The summed E-state index contributed by atoms with van der Waals surface area (Å²) in [4.78, 5) is 53.3. The van der Waals surface area contributed by atoms with Crippen molar-refractivity contribution in [1.29, 1.82) is 0 Å². The molecule has 0 fully saturated rings. The molecule has 0 unspecified atom stereocenters. The predicted octanol–water partition coefficient (Wildman–Crippen LogP) is 4.16. The van der Waals surface area contributed by atoms with Crippen molar-refractivity contribution in [2.24, 2.45) is 0 Å². The molecule has 9 heteroatoms. The summed E-state index contributed by atoms with van der Waals surface area (Å²) in [6, 6.07) is 16.6. The Hall–Kier alpha value is -4.43. The van der Waals surface area contributed by atoms with E-state index in [2.05, 4.69) is 20.3 Å². The molecule has 2 amide bonds. The second-order valence-corrected chi connectivity index (χ2v) is 9.14. The van der Waals surface area contributed by atoms with Crippen LogP contribution in [0, 0.1) is 0 Å². The van der Waals surface area contributed by atoms with Gasteiger partial charge in [-0.05, 0) is 59.2 Å². The number of amides is 2. The van der Waals surface area contributed by atoms with E-state index in [1.165, 1.54) is 6.33 Å². The highest BCUT2D eigenvalue weighted by atomic mass is 35.5. The third kappa shape index (κ3) is 5.54. The van der Waals surface area contributed by atoms with Crippen LogP contribution in [0.5, 0.6) is 0 Å². The summed E-state index contributed by atoms with van der Waals surface area (Å²) in [5.74, 6) is -0.225. The monoisotopic (exact) mass is 511 g/mol. The normalized spacial score (nSPS) is 15.2. The smallest absolute Gasteiger partial charge is 0.256 e. The fraction of sp³-hybridized carbons (Fsp3) is 0.143. The Balaban J connectivity index is 1.42. The second kappa shape index (κ2) is 10.7. The lowest BCUT2D eigenvalue weighted by Gasteiger charge is -2.29. The van der Waals surface area contributed by atoms with Gasteiger partial charge in [0.1, 0.15) is 12.1 Å². The number of ketones is 1. The number of hydrogen-bond acceptors (Lipinski definition) is 6. The minimum atomic E-state index is -0.677. The Morgan fingerprint density at radius 3 is 2.57 bits per heavy atom. The Bertz CT molecular complexity index is 1450. The number of nitrogens with one attached hydrogen (secondary N) is 1. The Morgan fingerprint density at radius 1 is 1.00 bits per heavy atom. The van der Waals surface area contributed by atoms with Crippen LogP contribution in [0.2, 0.25) is 5.02 Å². The van der Waals surface area contributed by atoms with E-state index >= 15 is 0 Å². The molecule has 1 N–H and O–H groups in total. The quantitative estimate of drug-likeness (QED) is 0.417. The zero-order valence-corrected chi connectivity index (χ0v) is 20.4. The second-order valence-electron chi connectivity index (χ2n) is 8.70. The van der Waals surface area contributed by atoms with Crippen molar-refractivity contribution < 1.29 is 14.4 Å². The number of pyridine rings is 1. The highest BCUT2D eigenvalue weighted by Crippen LogP contribution is 2.27. The summed E-state index contributed by atoms with van der Waals surface area (Å²) in [6.45, 7) is 0.200. The van der Waals surface area contributed by atoms with Gasteiger partial charge in [0.05, 0.1) is 6.04 Å². The highest BCUT2D eigenvalue weighted by Gasteiger charge is 2.35. The van der Waals surface area contributed by atoms with E-state index in [0.717, 1.165) is 11.1 Å². The topological polar surface area (TPSA) is 105 Å². The van der Waals surface area contributed by atoms with E-state index in [1.807, 2.05) is 12.1 Å². The van der Waals surface area contributed by atoms with Crippen LogP contribution in [-0.2, 0) is 24.2 Å². The average Bonchev–Trinajstić information content (AvgIpc) is 3.00. The number of benzene rings is 2. The molecular weight excluding hydrogens is 490 g/mol. The molecule has 1 atom stereocenters. The van der Waals surface area contributed by atoms with Crippen LogP contribution < -0.4 is 5.32 Å². The molecule has 1 aliphatic rings. The summed E-state index contributed by atoms with van der Waals surface area (Å²) in [5.41, 5.74) is 3.17. The van der Waals surface area contributed by atoms with Crippen molar-refractivity contribution in [3.05, 3.63) is 118 Å². The molecule has 0 radical (unpaired) electrons. The van der Waals surface area contributed by atoms with Crippen molar-refractivity contribution in [2.75, 3.05) is 5.32 Å². The standard InChI is InChI=1S/C28H22ClN5O3/c29-22-7-8-23-21(13-22)14-25(35)24(12-19-2-1-10-30-15-19)34(28(23)37)16-18-3-5-20(6-4-18)27(36)33-26-9-11-31-17-32-26/h1-11,13,15,17,24H,12,14,16H2,(H,31,32,33,36)/t24-/m1/s1. The molecular formula is C28H22ClN5O3. The molecule has 4 aromatic rings. The molecule has 37 heavy (non-hydrogen) atoms. The van der Waals surface area contributed by atoms with E-state index in [4.69, 9.17) is 11.6 Å². The summed E-state index contributed by atoms with van der Waals surface area (Å²) < 4.78 is 0. The van der Waals surface area contributed by atoms with Crippen molar-refractivity contribution >= 4 is 35.0 Å². The molecule has 8 nitrogen and oxygen atoms in total. The molecule has 0 bridgehead atoms. The van der Waals surface area contributed by atoms with Gasteiger partial charge >= 0.3 is 0 Å². The fourth-order valence-corrected chi connectivity index (χ4v) is 4.55. The number of carbonyl (C=O) groups excluding carboxylic acids is 3. The SMILES string of the molecule is O=C(Nc1ccncn1)c1ccc(CN2C(=O)c3ccc(Cl)cc3CC(=O)[C@H]2Cc2cccnc2)cc1. The maximum atomic E-state index is 13.7. The number of fused-ring (bicyclic) bond motifs is 1. The molecule has 0 saturated carbocycles. The minimum absolute atomic E-state index is 0.0703. The number of anilines is 1. The van der Waals surface area contributed by atoms with E-state index in [-0.39, 0.29) is 30.6 Å². The Kier molecular flexibility index (Phi) is 7.00. The van der Waals surface area contributed by atoms with Gasteiger partial charge in [-0.15, -0.1) is 0 Å². The van der Waals surface area contributed by atoms with Crippen LogP contribution in [-0.4, -0.2) is 43.5 Å². The van der Waals surface area contributed by atoms with Gasteiger partial charge in [0.25, 0.3) is 11.8 Å². The highest BCUT2D eigenvalue weighted by molar-refractivity contribution is 6.30. The van der Waals surface area contributed by atoms with E-state index in [0.29, 0.717) is 34.0 Å². The van der Waals surface area contributed by atoms with E-state index in [9.17, 15) is 14.4 Å². The largest absolute Gasteiger partial charge is 0.324 e. The molecule has 2 aromatic heterocycles. The summed E-state index contributed by atoms with van der Waals surface area (Å²) in [5, 5.41) is 3.19. The lowest BCUT2D eigenvalue weighted by Crippen LogP contribution is -2.44. The first-order valence-corrected chi connectivity index (χ1v) is 12.0. The van der Waals surface area contributed by atoms with Gasteiger partial charge < -0.3 is 10.2 Å². The van der Waals surface area contributed by atoms with Crippen molar-refractivity contribution in [3.63, 3.8) is 0 Å². The molecule has 3 heterocycles. The van der Waals surface area contributed by atoms with Crippen LogP contribution in [0.25, 0.3) is 0 Å². The number of halogens is 1. The molecule has 5 rings (SSSR count). The van der Waals surface area contributed by atoms with E-state index < -0.39 is 6.04 Å². The third-order valence-corrected chi connectivity index (χ3v) is 6.45. The maximum absolute atomic E-state index is 13.7. The van der Waals surface area contributed by atoms with E-state index in [1.54, 1.807) is 72.0 Å². The first kappa shape index (κ1) is 24.3. The van der Waals surface area contributed by atoms with Gasteiger partial charge in [0.2, 0.25) is 0 Å². The summed E-state index contributed by atoms with van der Waals surface area (Å²) in [7, 11) is 0. The van der Waals surface area contributed by atoms with Crippen LogP contribution in [0.15, 0.2) is 85.6 Å².